The van der Waals surface area contributed by atoms with Crippen LogP contribution in [0.2, 0.25) is 0 Å². The Balaban J connectivity index is 1.19. The molecule has 0 bridgehead atoms. The number of hydrogen-bond acceptors (Lipinski definition) is 11. The number of aromatic nitrogens is 6. The number of carbonyl (C=O) groups excluding carboxylic acids is 2. The predicted octanol–water partition coefficient (Wildman–Crippen LogP) is 2.73. The van der Waals surface area contributed by atoms with Crippen LogP contribution in [0.4, 0.5) is 5.69 Å². The number of amides is 2. The largest absolute Gasteiger partial charge is 0.505 e. The molecule has 1 saturated carbocycles. The third-order valence-corrected chi connectivity index (χ3v) is 9.87. The first-order valence-corrected chi connectivity index (χ1v) is 17.1. The van der Waals surface area contributed by atoms with Crippen molar-refractivity contribution >= 4 is 23.3 Å². The van der Waals surface area contributed by atoms with E-state index in [2.05, 4.69) is 27.0 Å². The molecule has 0 radical (unpaired) electrons. The lowest BCUT2D eigenvalue weighted by Crippen LogP contribution is -2.51. The van der Waals surface area contributed by atoms with Gasteiger partial charge < -0.3 is 34.3 Å². The smallest absolute Gasteiger partial charge is 0.299 e. The zero-order valence-corrected chi connectivity index (χ0v) is 28.4. The minimum atomic E-state index is -0.386. The number of nitrogens with one attached hydrogen (secondary N) is 1. The van der Waals surface area contributed by atoms with Crippen LogP contribution >= 0.6 is 0 Å². The van der Waals surface area contributed by atoms with Crippen LogP contribution in [0.5, 0.6) is 17.4 Å². The molecule has 6 heterocycles. The molecule has 0 aromatic carbocycles. The number of methoxy groups -OCH3 is 1. The molecule has 7 rings (SSSR count). The zero-order chi connectivity index (χ0) is 34.9. The number of piperazine rings is 1. The summed E-state index contributed by atoms with van der Waals surface area (Å²) in [5, 5.41) is 18.3. The molecule has 1 aliphatic carbocycles. The van der Waals surface area contributed by atoms with Crippen LogP contribution in [0.25, 0.3) is 17.2 Å². The van der Waals surface area contributed by atoms with Crippen LogP contribution in [0.1, 0.15) is 60.8 Å². The Bertz CT molecular complexity index is 2030. The van der Waals surface area contributed by atoms with Gasteiger partial charge >= 0.3 is 0 Å². The van der Waals surface area contributed by atoms with Crippen molar-refractivity contribution < 1.29 is 24.2 Å². The molecule has 4 aromatic rings. The number of hydrogen-bond donors (Lipinski definition) is 2. The molecule has 15 heteroatoms. The monoisotopic (exact) mass is 683 g/mol. The molecule has 2 amide bonds. The van der Waals surface area contributed by atoms with E-state index in [1.54, 1.807) is 27.8 Å². The molecule has 15 nitrogen and oxygen atoms in total. The summed E-state index contributed by atoms with van der Waals surface area (Å²) in [5.74, 6) is 1.27. The number of ether oxygens (including phenoxy) is 2. The first-order valence-electron chi connectivity index (χ1n) is 17.1. The van der Waals surface area contributed by atoms with Crippen LogP contribution < -0.4 is 25.2 Å². The lowest BCUT2D eigenvalue weighted by Gasteiger charge is -2.36. The van der Waals surface area contributed by atoms with Gasteiger partial charge in [0.05, 0.1) is 25.6 Å². The highest BCUT2D eigenvalue weighted by atomic mass is 16.5. The molecule has 2 N–H and O–H groups in total. The van der Waals surface area contributed by atoms with Gasteiger partial charge in [-0.1, -0.05) is 32.8 Å². The van der Waals surface area contributed by atoms with Gasteiger partial charge in [-0.2, -0.15) is 9.50 Å². The molecule has 0 atom stereocenters. The number of rotatable bonds is 11. The van der Waals surface area contributed by atoms with Crippen molar-refractivity contribution in [3.05, 3.63) is 64.1 Å². The average molecular weight is 684 g/mol. The first-order chi connectivity index (χ1) is 24.2. The van der Waals surface area contributed by atoms with Crippen molar-refractivity contribution in [2.75, 3.05) is 44.8 Å². The second-order valence-corrected chi connectivity index (χ2v) is 12.9. The summed E-state index contributed by atoms with van der Waals surface area (Å²) in [6, 6.07) is 3.41. The van der Waals surface area contributed by atoms with Gasteiger partial charge in [0.2, 0.25) is 17.6 Å². The zero-order valence-electron chi connectivity index (χ0n) is 28.4. The normalized spacial score (nSPS) is 15.8. The fourth-order valence-corrected chi connectivity index (χ4v) is 6.90. The van der Waals surface area contributed by atoms with Crippen LogP contribution in [0.3, 0.4) is 0 Å². The third-order valence-electron chi connectivity index (χ3n) is 9.87. The van der Waals surface area contributed by atoms with E-state index in [1.807, 2.05) is 11.8 Å². The van der Waals surface area contributed by atoms with Crippen molar-refractivity contribution in [1.29, 1.82) is 0 Å². The number of nitrogens with zero attached hydrogens (tertiary/aromatic N) is 8. The van der Waals surface area contributed by atoms with Gasteiger partial charge in [0.1, 0.15) is 18.0 Å². The second-order valence-electron chi connectivity index (χ2n) is 12.9. The number of anilines is 1. The van der Waals surface area contributed by atoms with Crippen LogP contribution in [0.15, 0.2) is 41.6 Å². The van der Waals surface area contributed by atoms with Crippen LogP contribution in [-0.2, 0) is 24.2 Å². The van der Waals surface area contributed by atoms with E-state index in [0.29, 0.717) is 78.3 Å². The van der Waals surface area contributed by atoms with Crippen molar-refractivity contribution in [2.45, 2.75) is 58.4 Å². The summed E-state index contributed by atoms with van der Waals surface area (Å²) >= 11 is 0. The fourth-order valence-electron chi connectivity index (χ4n) is 6.90. The maximum atomic E-state index is 14.3. The van der Waals surface area contributed by atoms with Crippen molar-refractivity contribution in [3.8, 4) is 28.8 Å². The number of carbonyl (C=O) groups is 2. The summed E-state index contributed by atoms with van der Waals surface area (Å²) in [6.07, 6.45) is 9.42. The summed E-state index contributed by atoms with van der Waals surface area (Å²) < 4.78 is 13.7. The van der Waals surface area contributed by atoms with Gasteiger partial charge in [0.25, 0.3) is 11.5 Å². The maximum absolute atomic E-state index is 14.3. The highest BCUT2D eigenvalue weighted by molar-refractivity contribution is 5.95. The SMILES string of the molecule is C=C(CCC1CCC1)NC(=O)Cn1c(CC)c(N2CCN(C(=O)c3ncc4c(c3O)CCO4)CC2)c(=O)n2nc(-c3ccnc(OC)c3)nc12. The molecule has 262 valence electrons. The van der Waals surface area contributed by atoms with Crippen LogP contribution in [-0.4, -0.2) is 90.8 Å². The Morgan fingerprint density at radius 1 is 1.18 bits per heavy atom. The van der Waals surface area contributed by atoms with E-state index < -0.39 is 0 Å². The Morgan fingerprint density at radius 2 is 1.98 bits per heavy atom. The maximum Gasteiger partial charge on any atom is 0.299 e. The summed E-state index contributed by atoms with van der Waals surface area (Å²) in [4.78, 5) is 57.9. The van der Waals surface area contributed by atoms with Crippen molar-refractivity contribution in [1.82, 2.24) is 39.3 Å². The molecule has 2 fully saturated rings. The highest BCUT2D eigenvalue weighted by Crippen LogP contribution is 2.35. The van der Waals surface area contributed by atoms with Crippen molar-refractivity contribution in [3.63, 3.8) is 0 Å². The van der Waals surface area contributed by atoms with Gasteiger partial charge in [-0.25, -0.2) is 9.97 Å². The molecule has 1 saturated heterocycles. The number of fused-ring (bicyclic) bond motifs is 2. The lowest BCUT2D eigenvalue weighted by atomic mass is 9.82. The number of aromatic hydroxyl groups is 1. The van der Waals surface area contributed by atoms with Gasteiger partial charge in [-0.05, 0) is 31.2 Å². The van der Waals surface area contributed by atoms with Gasteiger partial charge in [0, 0.05) is 61.7 Å². The second kappa shape index (κ2) is 13.8. The average Bonchev–Trinajstić information content (AvgIpc) is 3.78. The number of allylic oxidation sites excluding steroid dienone is 1. The van der Waals surface area contributed by atoms with Crippen molar-refractivity contribution in [2.24, 2.45) is 5.92 Å². The topological polar surface area (TPSA) is 169 Å². The van der Waals surface area contributed by atoms with E-state index in [4.69, 9.17) is 14.5 Å². The summed E-state index contributed by atoms with van der Waals surface area (Å²) in [5.41, 5.74) is 2.49. The Labute approximate surface area is 288 Å². The summed E-state index contributed by atoms with van der Waals surface area (Å²) in [7, 11) is 1.51. The fraction of sp³-hybridized carbons (Fsp3) is 0.457. The van der Waals surface area contributed by atoms with Gasteiger partial charge in [-0.15, -0.1) is 5.10 Å². The molecule has 2 aliphatic heterocycles. The Hall–Kier alpha value is -5.47. The lowest BCUT2D eigenvalue weighted by molar-refractivity contribution is -0.121. The first kappa shape index (κ1) is 33.0. The molecule has 50 heavy (non-hydrogen) atoms. The minimum absolute atomic E-state index is 0.0103. The molecule has 3 aliphatic rings. The molecule has 0 spiro atoms. The standard InChI is InChI=1S/C35H41N9O6/c1-4-25-30(41-13-15-42(16-14-41)33(47)29-31(46)24-11-17-50-26(24)19-37-29)34(48)44-35(39-32(40-44)23-10-12-36-28(18-23)49-3)43(25)20-27(45)38-21(2)8-9-22-6-5-7-22/h10,12,18-19,22,46H,2,4-9,11,13-17,20H2,1,3H3,(H,38,45). The third kappa shape index (κ3) is 6.23. The van der Waals surface area contributed by atoms with E-state index in [9.17, 15) is 19.5 Å². The van der Waals surface area contributed by atoms with E-state index >= 15 is 0 Å². The van der Waals surface area contributed by atoms with E-state index in [0.717, 1.165) is 12.8 Å². The van der Waals surface area contributed by atoms with E-state index in [-0.39, 0.29) is 60.1 Å². The molecular weight excluding hydrogens is 642 g/mol. The number of pyridine rings is 2. The molecular formula is C35H41N9O6. The Kier molecular flexibility index (Phi) is 9.12. The molecule has 4 aromatic heterocycles. The minimum Gasteiger partial charge on any atom is -0.505 e. The predicted molar refractivity (Wildman–Crippen MR) is 183 cm³/mol. The van der Waals surface area contributed by atoms with Crippen LogP contribution in [0, 0.1) is 5.92 Å². The summed E-state index contributed by atoms with van der Waals surface area (Å²) in [6.45, 7) is 7.59. The quantitative estimate of drug-likeness (QED) is 0.238. The van der Waals surface area contributed by atoms with Gasteiger partial charge in [0.15, 0.2) is 17.3 Å². The van der Waals surface area contributed by atoms with Gasteiger partial charge in [-0.3, -0.25) is 14.4 Å². The Morgan fingerprint density at radius 3 is 2.70 bits per heavy atom. The highest BCUT2D eigenvalue weighted by Gasteiger charge is 2.32. The van der Waals surface area contributed by atoms with E-state index in [1.165, 1.54) is 37.1 Å². The molecule has 0 unspecified atom stereocenters.